The van der Waals surface area contributed by atoms with E-state index in [1.165, 1.54) is 18.2 Å². The lowest BCUT2D eigenvalue weighted by Crippen LogP contribution is -2.49. The van der Waals surface area contributed by atoms with Crippen molar-refractivity contribution in [2.75, 3.05) is 5.17 Å². The van der Waals surface area contributed by atoms with Crippen LogP contribution in [0.4, 0.5) is 11.4 Å². The van der Waals surface area contributed by atoms with Crippen molar-refractivity contribution in [3.63, 3.8) is 0 Å². The van der Waals surface area contributed by atoms with Gasteiger partial charge in [0, 0.05) is 12.1 Å². The van der Waals surface area contributed by atoms with Crippen LogP contribution in [0.15, 0.2) is 24.3 Å². The standard InChI is InChI=1S/C8H5N3O6/c12-7-8(13)17-10(9-16-7)5-2-1-3-6(4-5)11(14)15/h1-4,9H. The molecular weight excluding hydrogens is 234 g/mol. The van der Waals surface area contributed by atoms with Crippen molar-refractivity contribution < 1.29 is 24.2 Å². The molecule has 9 nitrogen and oxygen atoms in total. The number of non-ortho nitro benzene ring substituents is 1. The van der Waals surface area contributed by atoms with Crippen molar-refractivity contribution in [1.82, 2.24) is 5.59 Å². The number of benzene rings is 1. The zero-order valence-electron chi connectivity index (χ0n) is 8.15. The molecule has 9 heteroatoms. The fourth-order valence-corrected chi connectivity index (χ4v) is 1.10. The molecule has 0 aromatic heterocycles. The molecule has 1 heterocycles. The highest BCUT2D eigenvalue weighted by Gasteiger charge is 2.29. The average molecular weight is 239 g/mol. The van der Waals surface area contributed by atoms with Gasteiger partial charge in [0.25, 0.3) is 5.69 Å². The lowest BCUT2D eigenvalue weighted by molar-refractivity contribution is -0.384. The van der Waals surface area contributed by atoms with Crippen LogP contribution in [0.1, 0.15) is 0 Å². The number of rotatable bonds is 2. The van der Waals surface area contributed by atoms with E-state index in [4.69, 9.17) is 0 Å². The number of carbonyl (C=O) groups excluding carboxylic acids is 2. The Hall–Kier alpha value is -2.68. The lowest BCUT2D eigenvalue weighted by atomic mass is 10.3. The second kappa shape index (κ2) is 4.06. The predicted octanol–water partition coefficient (Wildman–Crippen LogP) is -0.164. The number of carbonyl (C=O) groups is 2. The van der Waals surface area contributed by atoms with Gasteiger partial charge >= 0.3 is 11.9 Å². The smallest absolute Gasteiger partial charge is 0.338 e. The number of nitrogens with zero attached hydrogens (tertiary/aromatic N) is 2. The van der Waals surface area contributed by atoms with Crippen LogP contribution >= 0.6 is 0 Å². The Morgan fingerprint density at radius 3 is 2.71 bits per heavy atom. The Kier molecular flexibility index (Phi) is 2.58. The Morgan fingerprint density at radius 2 is 2.06 bits per heavy atom. The van der Waals surface area contributed by atoms with Gasteiger partial charge in [-0.1, -0.05) is 6.07 Å². The quantitative estimate of drug-likeness (QED) is 0.430. The van der Waals surface area contributed by atoms with Crippen molar-refractivity contribution >= 4 is 23.3 Å². The first-order chi connectivity index (χ1) is 8.08. The molecule has 17 heavy (non-hydrogen) atoms. The van der Waals surface area contributed by atoms with E-state index in [-0.39, 0.29) is 11.4 Å². The molecule has 1 aliphatic rings. The van der Waals surface area contributed by atoms with Crippen LogP contribution in [0, 0.1) is 10.1 Å². The maximum absolute atomic E-state index is 10.9. The topological polar surface area (TPSA) is 111 Å². The monoisotopic (exact) mass is 239 g/mol. The second-order valence-electron chi connectivity index (χ2n) is 2.93. The molecule has 0 saturated carbocycles. The molecule has 0 spiro atoms. The Balaban J connectivity index is 2.23. The van der Waals surface area contributed by atoms with Crippen LogP contribution in [0.3, 0.4) is 0 Å². The summed E-state index contributed by atoms with van der Waals surface area (Å²) in [4.78, 5) is 40.2. The third kappa shape index (κ3) is 2.13. The molecule has 1 aromatic carbocycles. The van der Waals surface area contributed by atoms with Crippen molar-refractivity contribution in [2.24, 2.45) is 0 Å². The summed E-state index contributed by atoms with van der Waals surface area (Å²) < 4.78 is 0. The summed E-state index contributed by atoms with van der Waals surface area (Å²) in [6.07, 6.45) is 0. The van der Waals surface area contributed by atoms with E-state index < -0.39 is 16.9 Å². The zero-order chi connectivity index (χ0) is 12.4. The van der Waals surface area contributed by atoms with Gasteiger partial charge in [0.05, 0.1) is 4.92 Å². The number of hydrogen-bond donors (Lipinski definition) is 1. The number of nitrogens with one attached hydrogen (secondary N) is 1. The van der Waals surface area contributed by atoms with Crippen molar-refractivity contribution in [3.05, 3.63) is 34.4 Å². The Labute approximate surface area is 93.5 Å². The van der Waals surface area contributed by atoms with Crippen LogP contribution in [0.5, 0.6) is 0 Å². The molecule has 0 bridgehead atoms. The minimum Gasteiger partial charge on any atom is -0.338 e. The van der Waals surface area contributed by atoms with Gasteiger partial charge in [-0.25, -0.2) is 9.59 Å². The summed E-state index contributed by atoms with van der Waals surface area (Å²) in [6, 6.07) is 5.21. The molecule has 1 fully saturated rings. The maximum Gasteiger partial charge on any atom is 0.444 e. The first-order valence-electron chi connectivity index (χ1n) is 4.31. The molecule has 0 aliphatic carbocycles. The summed E-state index contributed by atoms with van der Waals surface area (Å²) in [5.41, 5.74) is 1.94. The molecule has 0 amide bonds. The molecular formula is C8H5N3O6. The first-order valence-corrected chi connectivity index (χ1v) is 4.31. The third-order valence-electron chi connectivity index (χ3n) is 1.84. The normalized spacial score (nSPS) is 15.2. The van der Waals surface area contributed by atoms with Crippen LogP contribution < -0.4 is 10.8 Å². The van der Waals surface area contributed by atoms with Crippen molar-refractivity contribution in [2.45, 2.75) is 0 Å². The summed E-state index contributed by atoms with van der Waals surface area (Å²) in [7, 11) is 0. The number of hydrazine groups is 1. The predicted molar refractivity (Wildman–Crippen MR) is 50.9 cm³/mol. The van der Waals surface area contributed by atoms with Gasteiger partial charge in [-0.2, -0.15) is 0 Å². The molecule has 0 radical (unpaired) electrons. The molecule has 1 N–H and O–H groups in total. The molecule has 1 aliphatic heterocycles. The maximum atomic E-state index is 10.9. The van der Waals surface area contributed by atoms with Crippen LogP contribution in [0.2, 0.25) is 0 Å². The molecule has 0 unspecified atom stereocenters. The summed E-state index contributed by atoms with van der Waals surface area (Å²) in [5.74, 6) is -2.43. The fourth-order valence-electron chi connectivity index (χ4n) is 1.10. The number of anilines is 1. The SMILES string of the molecule is O=C1ONN(c2cccc([N+](=O)[O-])c2)OC1=O. The van der Waals surface area contributed by atoms with Crippen molar-refractivity contribution in [3.8, 4) is 0 Å². The van der Waals surface area contributed by atoms with Crippen LogP contribution in [0.25, 0.3) is 0 Å². The van der Waals surface area contributed by atoms with Gasteiger partial charge < -0.3 is 9.68 Å². The number of hydrogen-bond acceptors (Lipinski definition) is 8. The minimum atomic E-state index is -1.23. The lowest BCUT2D eigenvalue weighted by Gasteiger charge is -2.24. The van der Waals surface area contributed by atoms with Gasteiger partial charge in [0.1, 0.15) is 5.69 Å². The Morgan fingerprint density at radius 1 is 1.29 bits per heavy atom. The van der Waals surface area contributed by atoms with Gasteiger partial charge in [-0.15, -0.1) is 5.17 Å². The van der Waals surface area contributed by atoms with E-state index in [1.807, 2.05) is 5.59 Å². The Bertz CT molecular complexity index is 502. The summed E-state index contributed by atoms with van der Waals surface area (Å²) >= 11 is 0. The van der Waals surface area contributed by atoms with Gasteiger partial charge in [0.2, 0.25) is 0 Å². The highest BCUT2D eigenvalue weighted by molar-refractivity contribution is 6.30. The third-order valence-corrected chi connectivity index (χ3v) is 1.84. The second-order valence-corrected chi connectivity index (χ2v) is 2.93. The van der Waals surface area contributed by atoms with E-state index in [1.54, 1.807) is 0 Å². The van der Waals surface area contributed by atoms with E-state index >= 15 is 0 Å². The molecule has 88 valence electrons. The number of nitro groups is 1. The van der Waals surface area contributed by atoms with E-state index in [2.05, 4.69) is 9.68 Å². The zero-order valence-corrected chi connectivity index (χ0v) is 8.15. The molecule has 1 aromatic rings. The van der Waals surface area contributed by atoms with Gasteiger partial charge in [-0.3, -0.25) is 10.1 Å². The first kappa shape index (κ1) is 10.8. The fraction of sp³-hybridized carbons (Fsp3) is 0. The largest absolute Gasteiger partial charge is 0.444 e. The summed E-state index contributed by atoms with van der Waals surface area (Å²) in [6.45, 7) is 0. The highest BCUT2D eigenvalue weighted by atomic mass is 16.9. The minimum absolute atomic E-state index is 0.139. The van der Waals surface area contributed by atoms with Crippen LogP contribution in [-0.2, 0) is 19.3 Å². The molecule has 1 saturated heterocycles. The van der Waals surface area contributed by atoms with Crippen molar-refractivity contribution in [1.29, 1.82) is 0 Å². The van der Waals surface area contributed by atoms with E-state index in [0.29, 0.717) is 5.17 Å². The van der Waals surface area contributed by atoms with Gasteiger partial charge in [0.15, 0.2) is 0 Å². The molecule has 0 atom stereocenters. The van der Waals surface area contributed by atoms with Gasteiger partial charge in [-0.05, 0) is 11.7 Å². The number of nitro benzene ring substituents is 1. The van der Waals surface area contributed by atoms with Crippen LogP contribution in [-0.4, -0.2) is 16.9 Å². The van der Waals surface area contributed by atoms with E-state index in [0.717, 1.165) is 6.07 Å². The summed E-state index contributed by atoms with van der Waals surface area (Å²) in [5, 5.41) is 11.2. The van der Waals surface area contributed by atoms with E-state index in [9.17, 15) is 19.7 Å². The average Bonchev–Trinajstić information content (AvgIpc) is 2.33. The highest BCUT2D eigenvalue weighted by Crippen LogP contribution is 2.21. The molecule has 2 rings (SSSR count).